The number of hydrogen-bond donors (Lipinski definition) is 2. The van der Waals surface area contributed by atoms with Crippen LogP contribution in [0.25, 0.3) is 0 Å². The van der Waals surface area contributed by atoms with Gasteiger partial charge >= 0.3 is 0 Å². The number of carbonyl (C=O) groups excluding carboxylic acids is 2. The Morgan fingerprint density at radius 1 is 1.25 bits per heavy atom. The van der Waals surface area contributed by atoms with E-state index in [4.69, 9.17) is 0 Å². The van der Waals surface area contributed by atoms with Crippen LogP contribution in [0.15, 0.2) is 24.3 Å². The van der Waals surface area contributed by atoms with Crippen LogP contribution in [0.1, 0.15) is 34.1 Å². The first-order valence-electron chi connectivity index (χ1n) is 8.86. The summed E-state index contributed by atoms with van der Waals surface area (Å²) in [5.74, 6) is 1.17. The second kappa shape index (κ2) is 6.20. The molecule has 2 atom stereocenters. The zero-order valence-electron chi connectivity index (χ0n) is 15.1. The van der Waals surface area contributed by atoms with Crippen LogP contribution in [0.2, 0.25) is 0 Å². The van der Waals surface area contributed by atoms with Crippen molar-refractivity contribution < 1.29 is 14.5 Å². The largest absolute Gasteiger partial charge is 0.327 e. The third-order valence-corrected chi connectivity index (χ3v) is 5.24. The summed E-state index contributed by atoms with van der Waals surface area (Å²) < 4.78 is 0. The van der Waals surface area contributed by atoms with Crippen LogP contribution in [0.4, 0.5) is 11.4 Å². The standard InChI is InChI=1S/C19H27N3O2/c1-13-9-14(2)11-21(10-13)12-17(23)22-16-8-6-5-7-15(16)20-18(24)19(22,3)4/h5-8,13-14H,9-12H2,1-4H3,(H,20,24)/p+1/t13-,14-/m0/s1. The van der Waals surface area contributed by atoms with E-state index < -0.39 is 5.54 Å². The van der Waals surface area contributed by atoms with Crippen LogP contribution in [0, 0.1) is 11.8 Å². The maximum Gasteiger partial charge on any atom is 0.283 e. The molecule has 2 aliphatic rings. The number of piperidine rings is 1. The van der Waals surface area contributed by atoms with E-state index in [0.717, 1.165) is 18.8 Å². The van der Waals surface area contributed by atoms with Crippen LogP contribution in [0.5, 0.6) is 0 Å². The third kappa shape index (κ3) is 3.05. The Labute approximate surface area is 144 Å². The van der Waals surface area contributed by atoms with Gasteiger partial charge in [0, 0.05) is 11.8 Å². The van der Waals surface area contributed by atoms with Crippen molar-refractivity contribution in [2.75, 3.05) is 29.9 Å². The number of rotatable bonds is 2. The SMILES string of the molecule is C[C@H]1C[C@H](C)C[NH+](CC(=O)N2c3ccccc3NC(=O)C2(C)C)C1. The first-order chi connectivity index (χ1) is 11.3. The molecule has 0 aromatic heterocycles. The van der Waals surface area contributed by atoms with Gasteiger partial charge in [0.25, 0.3) is 5.91 Å². The third-order valence-electron chi connectivity index (χ3n) is 5.24. The average Bonchev–Trinajstić information content (AvgIpc) is 2.46. The van der Waals surface area contributed by atoms with E-state index in [2.05, 4.69) is 19.2 Å². The van der Waals surface area contributed by atoms with Gasteiger partial charge in [0.1, 0.15) is 5.54 Å². The number of quaternary nitrogens is 1. The first-order valence-corrected chi connectivity index (χ1v) is 8.86. The summed E-state index contributed by atoms with van der Waals surface area (Å²) in [6, 6.07) is 7.54. The number of likely N-dealkylation sites (tertiary alicyclic amines) is 1. The monoisotopic (exact) mass is 330 g/mol. The number of benzene rings is 1. The van der Waals surface area contributed by atoms with E-state index in [0.29, 0.717) is 24.1 Å². The van der Waals surface area contributed by atoms with Crippen LogP contribution in [-0.4, -0.2) is 37.0 Å². The number of para-hydroxylation sites is 2. The molecule has 0 unspecified atom stereocenters. The van der Waals surface area contributed by atoms with Gasteiger partial charge < -0.3 is 10.2 Å². The maximum absolute atomic E-state index is 13.1. The van der Waals surface area contributed by atoms with E-state index in [1.165, 1.54) is 11.3 Å². The molecular weight excluding hydrogens is 302 g/mol. The lowest BCUT2D eigenvalue weighted by molar-refractivity contribution is -0.904. The van der Waals surface area contributed by atoms with Crippen molar-refractivity contribution in [3.05, 3.63) is 24.3 Å². The second-order valence-corrected chi connectivity index (χ2v) is 8.04. The van der Waals surface area contributed by atoms with Gasteiger partial charge in [-0.05, 0) is 32.4 Å². The van der Waals surface area contributed by atoms with E-state index in [9.17, 15) is 9.59 Å². The Morgan fingerprint density at radius 3 is 2.54 bits per heavy atom. The Bertz CT molecular complexity index is 646. The summed E-state index contributed by atoms with van der Waals surface area (Å²) in [7, 11) is 0. The molecule has 2 amide bonds. The molecular formula is C19H28N3O2+. The predicted molar refractivity (Wildman–Crippen MR) is 95.1 cm³/mol. The highest BCUT2D eigenvalue weighted by Crippen LogP contribution is 2.36. The van der Waals surface area contributed by atoms with E-state index in [1.54, 1.807) is 4.90 Å². The molecule has 2 aliphatic heterocycles. The average molecular weight is 330 g/mol. The summed E-state index contributed by atoms with van der Waals surface area (Å²) in [6.07, 6.45) is 1.23. The highest BCUT2D eigenvalue weighted by molar-refractivity contribution is 6.14. The Hall–Kier alpha value is -1.88. The van der Waals surface area contributed by atoms with Crippen LogP contribution >= 0.6 is 0 Å². The molecule has 0 saturated carbocycles. The fourth-order valence-electron chi connectivity index (χ4n) is 4.26. The molecule has 1 fully saturated rings. The van der Waals surface area contributed by atoms with Gasteiger partial charge in [0.05, 0.1) is 24.5 Å². The van der Waals surface area contributed by atoms with Gasteiger partial charge in [-0.2, -0.15) is 0 Å². The number of anilines is 2. The smallest absolute Gasteiger partial charge is 0.283 e. The Balaban J connectivity index is 1.86. The molecule has 1 aromatic carbocycles. The van der Waals surface area contributed by atoms with Crippen molar-refractivity contribution in [2.24, 2.45) is 11.8 Å². The Morgan fingerprint density at radius 2 is 1.88 bits per heavy atom. The van der Waals surface area contributed by atoms with E-state index in [-0.39, 0.29) is 11.8 Å². The van der Waals surface area contributed by atoms with Gasteiger partial charge in [-0.25, -0.2) is 0 Å². The van der Waals surface area contributed by atoms with Gasteiger partial charge in [0.15, 0.2) is 6.54 Å². The molecule has 1 aromatic rings. The number of amides is 2. The van der Waals surface area contributed by atoms with Crippen molar-refractivity contribution in [1.29, 1.82) is 0 Å². The summed E-state index contributed by atoms with van der Waals surface area (Å²) in [4.78, 5) is 28.6. The molecule has 5 nitrogen and oxygen atoms in total. The minimum atomic E-state index is -0.877. The molecule has 5 heteroatoms. The highest BCUT2D eigenvalue weighted by Gasteiger charge is 2.44. The summed E-state index contributed by atoms with van der Waals surface area (Å²) in [6.45, 7) is 10.6. The second-order valence-electron chi connectivity index (χ2n) is 8.04. The Kier molecular flexibility index (Phi) is 4.38. The molecule has 130 valence electrons. The fraction of sp³-hybridized carbons (Fsp3) is 0.579. The maximum atomic E-state index is 13.1. The van der Waals surface area contributed by atoms with E-state index in [1.807, 2.05) is 38.1 Å². The molecule has 0 aliphatic carbocycles. The lowest BCUT2D eigenvalue weighted by atomic mass is 9.91. The number of fused-ring (bicyclic) bond motifs is 1. The molecule has 0 bridgehead atoms. The summed E-state index contributed by atoms with van der Waals surface area (Å²) in [5.41, 5.74) is 0.632. The van der Waals surface area contributed by atoms with Crippen LogP contribution in [-0.2, 0) is 9.59 Å². The van der Waals surface area contributed by atoms with Gasteiger partial charge in [0.2, 0.25) is 5.91 Å². The fourth-order valence-corrected chi connectivity index (χ4v) is 4.26. The zero-order valence-corrected chi connectivity index (χ0v) is 15.1. The van der Waals surface area contributed by atoms with Crippen molar-refractivity contribution in [3.63, 3.8) is 0 Å². The molecule has 0 spiro atoms. The quantitative estimate of drug-likeness (QED) is 0.859. The minimum absolute atomic E-state index is 0.0265. The predicted octanol–water partition coefficient (Wildman–Crippen LogP) is 1.31. The highest BCUT2D eigenvalue weighted by atomic mass is 16.2. The lowest BCUT2D eigenvalue weighted by Gasteiger charge is -2.42. The molecule has 0 radical (unpaired) electrons. The summed E-state index contributed by atoms with van der Waals surface area (Å²) in [5, 5.41) is 2.91. The minimum Gasteiger partial charge on any atom is -0.327 e. The molecule has 2 N–H and O–H groups in total. The molecule has 3 rings (SSSR count). The molecule has 24 heavy (non-hydrogen) atoms. The first kappa shape index (κ1) is 17.0. The van der Waals surface area contributed by atoms with Crippen molar-refractivity contribution in [1.82, 2.24) is 0 Å². The normalized spacial score (nSPS) is 28.9. The molecule has 1 saturated heterocycles. The number of nitrogens with one attached hydrogen (secondary N) is 2. The van der Waals surface area contributed by atoms with Crippen molar-refractivity contribution in [2.45, 2.75) is 39.7 Å². The van der Waals surface area contributed by atoms with E-state index >= 15 is 0 Å². The van der Waals surface area contributed by atoms with Crippen molar-refractivity contribution >= 4 is 23.2 Å². The lowest BCUT2D eigenvalue weighted by Crippen LogP contribution is -3.15. The van der Waals surface area contributed by atoms with Crippen LogP contribution in [0.3, 0.4) is 0 Å². The number of nitrogens with zero attached hydrogens (tertiary/aromatic N) is 1. The number of carbonyl (C=O) groups is 2. The topological polar surface area (TPSA) is 53.9 Å². The zero-order chi connectivity index (χ0) is 17.5. The van der Waals surface area contributed by atoms with Crippen LogP contribution < -0.4 is 15.1 Å². The van der Waals surface area contributed by atoms with Crippen molar-refractivity contribution in [3.8, 4) is 0 Å². The van der Waals surface area contributed by atoms with Gasteiger partial charge in [-0.3, -0.25) is 14.5 Å². The van der Waals surface area contributed by atoms with Gasteiger partial charge in [-0.15, -0.1) is 0 Å². The number of hydrogen-bond acceptors (Lipinski definition) is 2. The van der Waals surface area contributed by atoms with Gasteiger partial charge in [-0.1, -0.05) is 26.0 Å². The summed E-state index contributed by atoms with van der Waals surface area (Å²) >= 11 is 0. The molecule has 2 heterocycles.